The summed E-state index contributed by atoms with van der Waals surface area (Å²) in [6.45, 7) is 0.339. The Morgan fingerprint density at radius 1 is 1.09 bits per heavy atom. The molecule has 0 aromatic heterocycles. The molecule has 1 heterocycles. The summed E-state index contributed by atoms with van der Waals surface area (Å²) < 4.78 is 27.9. The number of carbonyl (C=O) groups excluding carboxylic acids is 2. The molecule has 35 heavy (non-hydrogen) atoms. The Labute approximate surface area is 213 Å². The van der Waals surface area contributed by atoms with Gasteiger partial charge in [0.2, 0.25) is 5.54 Å². The average molecular weight is 548 g/mol. The van der Waals surface area contributed by atoms with Gasteiger partial charge in [-0.05, 0) is 29.7 Å². The van der Waals surface area contributed by atoms with E-state index in [9.17, 15) is 9.59 Å². The third-order valence-corrected chi connectivity index (χ3v) is 5.99. The van der Waals surface area contributed by atoms with Gasteiger partial charge in [0.15, 0.2) is 6.10 Å². The van der Waals surface area contributed by atoms with E-state index in [1.54, 1.807) is 7.11 Å². The highest BCUT2D eigenvalue weighted by molar-refractivity contribution is 9.09. The molecule has 1 amide bonds. The Morgan fingerprint density at radius 3 is 2.46 bits per heavy atom. The lowest BCUT2D eigenvalue weighted by atomic mass is 9.88. The van der Waals surface area contributed by atoms with Crippen molar-refractivity contribution in [1.82, 2.24) is 5.32 Å². The summed E-state index contributed by atoms with van der Waals surface area (Å²) in [6.07, 6.45) is 1.91. The molecule has 1 aliphatic rings. The monoisotopic (exact) mass is 547 g/mol. The number of methoxy groups -OCH3 is 2. The van der Waals surface area contributed by atoms with Gasteiger partial charge in [0, 0.05) is 5.33 Å². The van der Waals surface area contributed by atoms with Crippen molar-refractivity contribution in [3.8, 4) is 5.75 Å². The van der Waals surface area contributed by atoms with E-state index in [4.69, 9.17) is 23.7 Å². The number of allylic oxidation sites excluding steroid dienone is 1. The molecule has 1 fully saturated rings. The summed E-state index contributed by atoms with van der Waals surface area (Å²) in [6, 6.07) is 17.0. The highest BCUT2D eigenvalue weighted by Gasteiger charge is 2.59. The van der Waals surface area contributed by atoms with Gasteiger partial charge in [-0.3, -0.25) is 5.32 Å². The SMILES string of the molecule is COC(=O)[C@]1(COCc2ccc(OC)cc2)NC(=O)O[C@H]1[C@@H](C/C=C/CBr)OCc1ccccc1. The van der Waals surface area contributed by atoms with Gasteiger partial charge in [-0.1, -0.05) is 70.5 Å². The van der Waals surface area contributed by atoms with E-state index in [2.05, 4.69) is 21.2 Å². The predicted octanol–water partition coefficient (Wildman–Crippen LogP) is 4.16. The number of ether oxygens (including phenoxy) is 5. The molecule has 2 aromatic carbocycles. The van der Waals surface area contributed by atoms with E-state index in [0.717, 1.165) is 16.9 Å². The van der Waals surface area contributed by atoms with Gasteiger partial charge in [0.1, 0.15) is 11.9 Å². The summed E-state index contributed by atoms with van der Waals surface area (Å²) in [5, 5.41) is 3.31. The van der Waals surface area contributed by atoms with Crippen molar-refractivity contribution in [2.24, 2.45) is 0 Å². The zero-order chi connectivity index (χ0) is 25.1. The molecule has 0 spiro atoms. The fraction of sp³-hybridized carbons (Fsp3) is 0.385. The van der Waals surface area contributed by atoms with Crippen molar-refractivity contribution in [1.29, 1.82) is 0 Å². The van der Waals surface area contributed by atoms with Gasteiger partial charge in [-0.2, -0.15) is 0 Å². The van der Waals surface area contributed by atoms with Crippen LogP contribution in [0, 0.1) is 0 Å². The van der Waals surface area contributed by atoms with Gasteiger partial charge in [-0.15, -0.1) is 0 Å². The van der Waals surface area contributed by atoms with Crippen LogP contribution in [-0.2, 0) is 37.0 Å². The first-order valence-corrected chi connectivity index (χ1v) is 12.3. The van der Waals surface area contributed by atoms with Gasteiger partial charge in [-0.25, -0.2) is 9.59 Å². The number of halogens is 1. The first-order valence-electron chi connectivity index (χ1n) is 11.2. The molecule has 8 nitrogen and oxygen atoms in total. The van der Waals surface area contributed by atoms with Crippen molar-refractivity contribution in [2.45, 2.75) is 37.4 Å². The van der Waals surface area contributed by atoms with Crippen LogP contribution in [0.2, 0.25) is 0 Å². The van der Waals surface area contributed by atoms with Crippen LogP contribution >= 0.6 is 15.9 Å². The molecule has 9 heteroatoms. The summed E-state index contributed by atoms with van der Waals surface area (Å²) in [4.78, 5) is 25.4. The fourth-order valence-electron chi connectivity index (χ4n) is 3.82. The second-order valence-electron chi connectivity index (χ2n) is 7.95. The fourth-order valence-corrected chi connectivity index (χ4v) is 4.08. The Hall–Kier alpha value is -2.88. The topological polar surface area (TPSA) is 92.3 Å². The first kappa shape index (κ1) is 26.7. The van der Waals surface area contributed by atoms with E-state index in [-0.39, 0.29) is 19.8 Å². The molecule has 188 valence electrons. The number of esters is 1. The lowest BCUT2D eigenvalue weighted by Gasteiger charge is -2.33. The number of hydrogen-bond acceptors (Lipinski definition) is 7. The quantitative estimate of drug-likeness (QED) is 0.228. The van der Waals surface area contributed by atoms with E-state index in [1.807, 2.05) is 66.7 Å². The molecule has 3 atom stereocenters. The number of hydrogen-bond donors (Lipinski definition) is 1. The van der Waals surface area contributed by atoms with Gasteiger partial charge in [0.05, 0.1) is 34.0 Å². The van der Waals surface area contributed by atoms with E-state index >= 15 is 0 Å². The second kappa shape index (κ2) is 13.3. The number of carbonyl (C=O) groups is 2. The van der Waals surface area contributed by atoms with Crippen LogP contribution in [0.15, 0.2) is 66.7 Å². The molecule has 0 saturated carbocycles. The minimum atomic E-state index is -1.57. The van der Waals surface area contributed by atoms with Crippen molar-refractivity contribution in [2.75, 3.05) is 26.2 Å². The minimum absolute atomic E-state index is 0.157. The maximum absolute atomic E-state index is 13.0. The van der Waals surface area contributed by atoms with Crippen molar-refractivity contribution < 1.29 is 33.3 Å². The number of cyclic esters (lactones) is 1. The average Bonchev–Trinajstić information content (AvgIpc) is 3.23. The largest absolute Gasteiger partial charge is 0.497 e. The molecule has 1 aliphatic heterocycles. The minimum Gasteiger partial charge on any atom is -0.497 e. The van der Waals surface area contributed by atoms with Crippen LogP contribution in [0.3, 0.4) is 0 Å². The summed E-state index contributed by atoms with van der Waals surface area (Å²) in [7, 11) is 2.86. The Balaban J connectivity index is 1.80. The summed E-state index contributed by atoms with van der Waals surface area (Å²) in [5.74, 6) is 0.0621. The van der Waals surface area contributed by atoms with E-state index in [1.165, 1.54) is 7.11 Å². The Bertz CT molecular complexity index is 983. The van der Waals surface area contributed by atoms with E-state index < -0.39 is 29.8 Å². The summed E-state index contributed by atoms with van der Waals surface area (Å²) >= 11 is 3.36. The highest BCUT2D eigenvalue weighted by atomic mass is 79.9. The van der Waals surface area contributed by atoms with Crippen LogP contribution in [0.25, 0.3) is 0 Å². The Kier molecular flexibility index (Phi) is 10.1. The van der Waals surface area contributed by atoms with Crippen molar-refractivity contribution >= 4 is 28.0 Å². The lowest BCUT2D eigenvalue weighted by Crippen LogP contribution is -2.62. The highest BCUT2D eigenvalue weighted by Crippen LogP contribution is 2.30. The number of nitrogens with one attached hydrogen (secondary N) is 1. The molecule has 0 bridgehead atoms. The number of alkyl carbamates (subject to hydrolysis) is 1. The maximum Gasteiger partial charge on any atom is 0.408 e. The standard InChI is InChI=1S/C26H30BrNO7/c1-31-21-13-11-20(12-14-21)16-33-18-26(24(29)32-2)23(35-25(30)28-26)22(10-6-7-15-27)34-17-19-8-4-3-5-9-19/h3-9,11-14,22-23H,10,15-18H2,1-2H3,(H,28,30)/b7-6+/t22-,23+,26-/m1/s1. The van der Waals surface area contributed by atoms with Crippen LogP contribution in [-0.4, -0.2) is 56.0 Å². The Morgan fingerprint density at radius 2 is 1.80 bits per heavy atom. The molecule has 0 aliphatic carbocycles. The van der Waals surface area contributed by atoms with Gasteiger partial charge < -0.3 is 23.7 Å². The molecular weight excluding hydrogens is 518 g/mol. The van der Waals surface area contributed by atoms with Crippen LogP contribution < -0.4 is 10.1 Å². The number of amides is 1. The van der Waals surface area contributed by atoms with Crippen molar-refractivity contribution in [3.05, 3.63) is 77.9 Å². The van der Waals surface area contributed by atoms with Crippen LogP contribution in [0.4, 0.5) is 4.79 Å². The zero-order valence-corrected chi connectivity index (χ0v) is 21.4. The first-order chi connectivity index (χ1) is 17.0. The predicted molar refractivity (Wildman–Crippen MR) is 133 cm³/mol. The van der Waals surface area contributed by atoms with Gasteiger partial charge >= 0.3 is 12.1 Å². The smallest absolute Gasteiger partial charge is 0.408 e. The second-order valence-corrected chi connectivity index (χ2v) is 8.60. The van der Waals surface area contributed by atoms with Crippen molar-refractivity contribution in [3.63, 3.8) is 0 Å². The number of alkyl halides is 1. The number of benzene rings is 2. The molecule has 0 radical (unpaired) electrons. The molecule has 2 aromatic rings. The molecule has 3 rings (SSSR count). The third-order valence-electron chi connectivity index (χ3n) is 5.62. The summed E-state index contributed by atoms with van der Waals surface area (Å²) in [5.41, 5.74) is 0.269. The normalized spacial score (nSPS) is 20.3. The van der Waals surface area contributed by atoms with Crippen LogP contribution in [0.5, 0.6) is 5.75 Å². The third kappa shape index (κ3) is 7.06. The zero-order valence-electron chi connectivity index (χ0n) is 19.8. The molecule has 1 N–H and O–H groups in total. The molecular formula is C26H30BrNO7. The molecule has 1 saturated heterocycles. The number of rotatable bonds is 13. The maximum atomic E-state index is 13.0. The van der Waals surface area contributed by atoms with Crippen LogP contribution in [0.1, 0.15) is 17.5 Å². The molecule has 0 unspecified atom stereocenters. The van der Waals surface area contributed by atoms with Gasteiger partial charge in [0.25, 0.3) is 0 Å². The lowest BCUT2D eigenvalue weighted by molar-refractivity contribution is -0.159. The van der Waals surface area contributed by atoms with E-state index in [0.29, 0.717) is 11.8 Å².